The molecule has 3 aromatic rings. The van der Waals surface area contributed by atoms with Crippen LogP contribution in [0.4, 0.5) is 18.9 Å². The number of fused-ring (bicyclic) bond motifs is 1. The number of carboxylic acid groups (broad SMARTS) is 1. The Hall–Kier alpha value is -3.86. The molecule has 1 aromatic heterocycles. The second-order valence-corrected chi connectivity index (χ2v) is 8.20. The van der Waals surface area contributed by atoms with E-state index in [0.29, 0.717) is 24.4 Å². The number of hydrogen-bond donors (Lipinski definition) is 2. The number of rotatable bonds is 6. The highest BCUT2D eigenvalue weighted by Gasteiger charge is 2.27. The second-order valence-electron chi connectivity index (χ2n) is 8.20. The predicted octanol–water partition coefficient (Wildman–Crippen LogP) is 3.14. The molecule has 2 N–H and O–H groups in total. The molecular weight excluding hydrogens is 465 g/mol. The van der Waals surface area contributed by atoms with Gasteiger partial charge in [-0.05, 0) is 25.1 Å². The zero-order chi connectivity index (χ0) is 25.3. The average Bonchev–Trinajstić information content (AvgIpc) is 2.84. The standard InChI is InChI=1S/C24H23F3N4O4/c1-2-30-12-17(24(33)34)23(32)16-11-18(26)22(20(27)21(16)30)31-9-7-29(8-10-31)13-19(28-35)14-3-5-15(25)6-4-14/h3-6,11-12,35H,2,7-10,13H2,1H3,(H,33,34)/b28-19-. The molecule has 0 saturated carbocycles. The van der Waals surface area contributed by atoms with Crippen LogP contribution < -0.4 is 10.3 Å². The molecule has 0 amide bonds. The first kappa shape index (κ1) is 24.3. The lowest BCUT2D eigenvalue weighted by Gasteiger charge is -2.36. The summed E-state index contributed by atoms with van der Waals surface area (Å²) in [5.74, 6) is -3.75. The Labute approximate surface area is 198 Å². The van der Waals surface area contributed by atoms with Crippen molar-refractivity contribution < 1.29 is 28.3 Å². The van der Waals surface area contributed by atoms with Crippen LogP contribution in [0.3, 0.4) is 0 Å². The highest BCUT2D eigenvalue weighted by atomic mass is 19.1. The molecule has 184 valence electrons. The molecule has 1 aliphatic rings. The molecule has 2 heterocycles. The van der Waals surface area contributed by atoms with Crippen LogP contribution in [-0.4, -0.2) is 64.2 Å². The normalized spacial score (nSPS) is 15.1. The fraction of sp³-hybridized carbons (Fsp3) is 0.292. The van der Waals surface area contributed by atoms with Crippen LogP contribution in [-0.2, 0) is 6.54 Å². The number of carboxylic acids is 1. The van der Waals surface area contributed by atoms with E-state index in [1.54, 1.807) is 6.92 Å². The van der Waals surface area contributed by atoms with Crippen molar-refractivity contribution in [2.45, 2.75) is 13.5 Å². The highest BCUT2D eigenvalue weighted by molar-refractivity contribution is 6.01. The number of aromatic carboxylic acids is 1. The van der Waals surface area contributed by atoms with Crippen molar-refractivity contribution in [1.82, 2.24) is 9.47 Å². The Balaban J connectivity index is 1.59. The molecule has 1 saturated heterocycles. The van der Waals surface area contributed by atoms with E-state index < -0.39 is 34.4 Å². The second kappa shape index (κ2) is 9.79. The maximum absolute atomic E-state index is 15.6. The van der Waals surface area contributed by atoms with Gasteiger partial charge in [-0.1, -0.05) is 17.3 Å². The Morgan fingerprint density at radius 3 is 2.31 bits per heavy atom. The van der Waals surface area contributed by atoms with Crippen molar-refractivity contribution in [2.24, 2.45) is 5.16 Å². The van der Waals surface area contributed by atoms with Crippen molar-refractivity contribution in [1.29, 1.82) is 0 Å². The van der Waals surface area contributed by atoms with Crippen molar-refractivity contribution in [3.8, 4) is 0 Å². The van der Waals surface area contributed by atoms with Gasteiger partial charge >= 0.3 is 5.97 Å². The number of nitrogens with zero attached hydrogens (tertiary/aromatic N) is 4. The molecule has 0 unspecified atom stereocenters. The average molecular weight is 488 g/mol. The Morgan fingerprint density at radius 1 is 1.09 bits per heavy atom. The zero-order valence-electron chi connectivity index (χ0n) is 18.8. The monoisotopic (exact) mass is 488 g/mol. The minimum Gasteiger partial charge on any atom is -0.477 e. The fourth-order valence-corrected chi connectivity index (χ4v) is 4.33. The van der Waals surface area contributed by atoms with Crippen LogP contribution >= 0.6 is 0 Å². The summed E-state index contributed by atoms with van der Waals surface area (Å²) in [5.41, 5.74) is -1.03. The summed E-state index contributed by atoms with van der Waals surface area (Å²) in [4.78, 5) is 27.4. The molecule has 0 bridgehead atoms. The fourth-order valence-electron chi connectivity index (χ4n) is 4.33. The van der Waals surface area contributed by atoms with Gasteiger partial charge in [-0.25, -0.2) is 18.0 Å². The number of carbonyl (C=O) groups is 1. The number of oxime groups is 1. The maximum atomic E-state index is 15.6. The molecule has 35 heavy (non-hydrogen) atoms. The number of hydrogen-bond acceptors (Lipinski definition) is 6. The summed E-state index contributed by atoms with van der Waals surface area (Å²) < 4.78 is 45.1. The Morgan fingerprint density at radius 2 is 1.74 bits per heavy atom. The van der Waals surface area contributed by atoms with Crippen molar-refractivity contribution >= 4 is 28.3 Å². The summed E-state index contributed by atoms with van der Waals surface area (Å²) in [6, 6.07) is 6.43. The van der Waals surface area contributed by atoms with E-state index in [-0.39, 0.29) is 42.8 Å². The van der Waals surface area contributed by atoms with E-state index in [4.69, 9.17) is 0 Å². The van der Waals surface area contributed by atoms with E-state index in [0.717, 1.165) is 12.3 Å². The first-order chi connectivity index (χ1) is 16.7. The SMILES string of the molecule is CCn1cc(C(=O)O)c(=O)c2cc(F)c(N3CCN(C/C(=N/O)c4ccc(F)cc4)CC3)c(F)c21. The number of aromatic nitrogens is 1. The number of benzene rings is 2. The van der Waals surface area contributed by atoms with E-state index >= 15 is 8.78 Å². The number of pyridine rings is 1. The molecule has 0 radical (unpaired) electrons. The van der Waals surface area contributed by atoms with Crippen molar-refractivity contribution in [3.05, 3.63) is 75.3 Å². The maximum Gasteiger partial charge on any atom is 0.341 e. The number of halogens is 3. The third-order valence-electron chi connectivity index (χ3n) is 6.16. The van der Waals surface area contributed by atoms with Crippen molar-refractivity contribution in [3.63, 3.8) is 0 Å². The van der Waals surface area contributed by atoms with E-state index in [1.807, 2.05) is 4.90 Å². The summed E-state index contributed by atoms with van der Waals surface area (Å²) >= 11 is 0. The summed E-state index contributed by atoms with van der Waals surface area (Å²) in [6.07, 6.45) is 1.07. The van der Waals surface area contributed by atoms with Crippen LogP contribution in [0.25, 0.3) is 10.9 Å². The Bertz CT molecular complexity index is 1360. The molecule has 8 nitrogen and oxygen atoms in total. The van der Waals surface area contributed by atoms with Crippen LogP contribution in [0.1, 0.15) is 22.8 Å². The summed E-state index contributed by atoms with van der Waals surface area (Å²) in [6.45, 7) is 3.41. The van der Waals surface area contributed by atoms with Gasteiger partial charge in [-0.2, -0.15) is 0 Å². The summed E-state index contributed by atoms with van der Waals surface area (Å²) in [5, 5.41) is 21.7. The molecule has 0 atom stereocenters. The third kappa shape index (κ3) is 4.59. The quantitative estimate of drug-likeness (QED) is 0.314. The molecular formula is C24H23F3N4O4. The lowest BCUT2D eigenvalue weighted by molar-refractivity contribution is 0.0694. The molecule has 4 rings (SSSR count). The first-order valence-corrected chi connectivity index (χ1v) is 11.0. The third-order valence-corrected chi connectivity index (χ3v) is 6.16. The van der Waals surface area contributed by atoms with Gasteiger partial charge in [-0.3, -0.25) is 9.69 Å². The minimum atomic E-state index is -1.47. The van der Waals surface area contributed by atoms with Crippen LogP contribution in [0.2, 0.25) is 0 Å². The van der Waals surface area contributed by atoms with Gasteiger partial charge in [0.1, 0.15) is 28.6 Å². The summed E-state index contributed by atoms with van der Waals surface area (Å²) in [7, 11) is 0. The molecule has 1 fully saturated rings. The predicted molar refractivity (Wildman–Crippen MR) is 124 cm³/mol. The zero-order valence-corrected chi connectivity index (χ0v) is 18.8. The minimum absolute atomic E-state index is 0.146. The molecule has 1 aliphatic heterocycles. The molecule has 0 spiro atoms. The number of anilines is 1. The highest BCUT2D eigenvalue weighted by Crippen LogP contribution is 2.31. The largest absolute Gasteiger partial charge is 0.477 e. The lowest BCUT2D eigenvalue weighted by atomic mass is 10.1. The van der Waals surface area contributed by atoms with Gasteiger partial charge in [0.15, 0.2) is 5.82 Å². The van der Waals surface area contributed by atoms with Crippen LogP contribution in [0.5, 0.6) is 0 Å². The first-order valence-electron chi connectivity index (χ1n) is 11.0. The van der Waals surface area contributed by atoms with Gasteiger partial charge < -0.3 is 19.8 Å². The van der Waals surface area contributed by atoms with Crippen LogP contribution in [0, 0.1) is 17.5 Å². The van der Waals surface area contributed by atoms with E-state index in [2.05, 4.69) is 5.16 Å². The number of piperazine rings is 1. The van der Waals surface area contributed by atoms with E-state index in [1.165, 1.54) is 33.7 Å². The number of aryl methyl sites for hydroxylation is 1. The van der Waals surface area contributed by atoms with Gasteiger partial charge in [0.2, 0.25) is 5.43 Å². The Kier molecular flexibility index (Phi) is 6.79. The molecule has 2 aromatic carbocycles. The lowest BCUT2D eigenvalue weighted by Crippen LogP contribution is -2.48. The van der Waals surface area contributed by atoms with E-state index in [9.17, 15) is 24.3 Å². The van der Waals surface area contributed by atoms with Gasteiger partial charge in [0.05, 0.1) is 10.9 Å². The topological polar surface area (TPSA) is 98.4 Å². The van der Waals surface area contributed by atoms with Crippen molar-refractivity contribution in [2.75, 3.05) is 37.6 Å². The smallest absolute Gasteiger partial charge is 0.341 e. The van der Waals surface area contributed by atoms with Gasteiger partial charge in [0, 0.05) is 51.0 Å². The molecule has 11 heteroatoms. The molecule has 0 aliphatic carbocycles. The van der Waals surface area contributed by atoms with Gasteiger partial charge in [0.25, 0.3) is 0 Å². The van der Waals surface area contributed by atoms with Crippen LogP contribution in [0.15, 0.2) is 46.5 Å². The van der Waals surface area contributed by atoms with Gasteiger partial charge in [-0.15, -0.1) is 0 Å².